The number of nitrogens with one attached hydrogen (secondary N) is 1. The van der Waals surface area contributed by atoms with Crippen LogP contribution in [0.1, 0.15) is 30.1 Å². The summed E-state index contributed by atoms with van der Waals surface area (Å²) in [5, 5.41) is 17.5. The predicted molar refractivity (Wildman–Crippen MR) is 111 cm³/mol. The Kier molecular flexibility index (Phi) is 8.36. The summed E-state index contributed by atoms with van der Waals surface area (Å²) in [5.74, 6) is 0.322. The fourth-order valence-electron chi connectivity index (χ4n) is 2.66. The lowest BCUT2D eigenvalue weighted by molar-refractivity contribution is 0.0987. The maximum Gasteiger partial charge on any atom is 0.258 e. The molecule has 0 spiro atoms. The van der Waals surface area contributed by atoms with Crippen LogP contribution in [-0.4, -0.2) is 34.0 Å². The highest BCUT2D eigenvalue weighted by Crippen LogP contribution is 2.22. The van der Waals surface area contributed by atoms with Gasteiger partial charge in [0, 0.05) is 30.8 Å². The zero-order valence-corrected chi connectivity index (χ0v) is 17.4. The Bertz CT molecular complexity index is 1040. The molecule has 30 heavy (non-hydrogen) atoms. The third-order valence-corrected chi connectivity index (χ3v) is 5.57. The van der Waals surface area contributed by atoms with Crippen LogP contribution in [0.15, 0.2) is 53.4 Å². The van der Waals surface area contributed by atoms with E-state index in [-0.39, 0.29) is 42.3 Å². The first-order valence-corrected chi connectivity index (χ1v) is 10.8. The van der Waals surface area contributed by atoms with E-state index in [4.69, 9.17) is 15.3 Å². The molecule has 0 aromatic heterocycles. The van der Waals surface area contributed by atoms with Crippen LogP contribution in [0.3, 0.4) is 0 Å². The molecule has 9 heteroatoms. The van der Waals surface area contributed by atoms with Crippen molar-refractivity contribution in [3.63, 3.8) is 0 Å². The molecule has 1 N–H and O–H groups in total. The Morgan fingerprint density at radius 3 is 2.23 bits per heavy atom. The second-order valence-electron chi connectivity index (χ2n) is 6.12. The van der Waals surface area contributed by atoms with Crippen molar-refractivity contribution in [2.45, 2.75) is 24.7 Å². The number of amides is 1. The van der Waals surface area contributed by atoms with Crippen LogP contribution in [0.25, 0.3) is 0 Å². The van der Waals surface area contributed by atoms with Crippen LogP contribution in [0, 0.1) is 22.7 Å². The van der Waals surface area contributed by atoms with Gasteiger partial charge in [0.2, 0.25) is 10.0 Å². The van der Waals surface area contributed by atoms with Crippen LogP contribution < -0.4 is 14.4 Å². The van der Waals surface area contributed by atoms with Crippen molar-refractivity contribution in [1.29, 1.82) is 10.5 Å². The van der Waals surface area contributed by atoms with Crippen LogP contribution in [-0.2, 0) is 10.0 Å². The summed E-state index contributed by atoms with van der Waals surface area (Å²) in [6.45, 7) is 2.61. The molecule has 0 unspecified atom stereocenters. The number of hydrogen-bond acceptors (Lipinski definition) is 6. The van der Waals surface area contributed by atoms with Crippen molar-refractivity contribution in [1.82, 2.24) is 4.72 Å². The molecule has 0 aliphatic rings. The summed E-state index contributed by atoms with van der Waals surface area (Å²) < 4.78 is 32.1. The van der Waals surface area contributed by atoms with Gasteiger partial charge < -0.3 is 9.64 Å². The van der Waals surface area contributed by atoms with E-state index in [0.717, 1.165) is 0 Å². The smallest absolute Gasteiger partial charge is 0.258 e. The molecule has 0 fully saturated rings. The number of carbonyl (C=O) groups excluding carboxylic acids is 1. The Hall–Kier alpha value is -3.40. The maximum absolute atomic E-state index is 13.0. The summed E-state index contributed by atoms with van der Waals surface area (Å²) in [7, 11) is -3.75. The molecular weight excluding hydrogens is 404 g/mol. The molecular formula is C21H22N4O4S. The first-order chi connectivity index (χ1) is 14.4. The Morgan fingerprint density at radius 2 is 1.67 bits per heavy atom. The fraction of sp³-hybridized carbons (Fsp3) is 0.286. The average Bonchev–Trinajstić information content (AvgIpc) is 2.75. The summed E-state index contributed by atoms with van der Waals surface area (Å²) in [6, 6.07) is 16.4. The van der Waals surface area contributed by atoms with E-state index in [1.165, 1.54) is 29.2 Å². The van der Waals surface area contributed by atoms with Gasteiger partial charge >= 0.3 is 0 Å². The van der Waals surface area contributed by atoms with Gasteiger partial charge in [-0.15, -0.1) is 0 Å². The molecule has 0 saturated heterocycles. The highest BCUT2D eigenvalue weighted by molar-refractivity contribution is 7.89. The summed E-state index contributed by atoms with van der Waals surface area (Å²) >= 11 is 0. The van der Waals surface area contributed by atoms with Gasteiger partial charge in [-0.3, -0.25) is 4.79 Å². The van der Waals surface area contributed by atoms with Crippen molar-refractivity contribution in [3.8, 4) is 17.9 Å². The molecule has 8 nitrogen and oxygen atoms in total. The monoisotopic (exact) mass is 426 g/mol. The van der Waals surface area contributed by atoms with Gasteiger partial charge in [-0.1, -0.05) is 0 Å². The van der Waals surface area contributed by atoms with E-state index in [1.807, 2.05) is 19.1 Å². The molecule has 0 saturated carbocycles. The molecule has 0 radical (unpaired) electrons. The summed E-state index contributed by atoms with van der Waals surface area (Å²) in [6.07, 6.45) is 0.208. The number of nitriles is 2. The highest BCUT2D eigenvalue weighted by Gasteiger charge is 2.19. The summed E-state index contributed by atoms with van der Waals surface area (Å²) in [5.41, 5.74) is 0.895. The SMILES string of the molecule is CCOc1ccc(N(CCC#N)C(=O)c2ccc(S(=O)(=O)NCCC#N)cc2)cc1. The summed E-state index contributed by atoms with van der Waals surface area (Å²) in [4.78, 5) is 14.5. The van der Waals surface area contributed by atoms with Gasteiger partial charge in [0.05, 0.1) is 30.1 Å². The number of ether oxygens (including phenoxy) is 1. The number of rotatable bonds is 10. The topological polar surface area (TPSA) is 123 Å². The van der Waals surface area contributed by atoms with Crippen LogP contribution in [0.2, 0.25) is 0 Å². The second kappa shape index (κ2) is 11.0. The highest BCUT2D eigenvalue weighted by atomic mass is 32.2. The normalized spacial score (nSPS) is 10.6. The lowest BCUT2D eigenvalue weighted by Gasteiger charge is -2.22. The molecule has 0 bridgehead atoms. The minimum absolute atomic E-state index is 0.00151. The number of sulfonamides is 1. The van der Waals surface area contributed by atoms with Crippen molar-refractivity contribution in [2.24, 2.45) is 0 Å². The zero-order valence-electron chi connectivity index (χ0n) is 16.5. The average molecular weight is 426 g/mol. The lowest BCUT2D eigenvalue weighted by atomic mass is 10.1. The van der Waals surface area contributed by atoms with Crippen LogP contribution >= 0.6 is 0 Å². The second-order valence-corrected chi connectivity index (χ2v) is 7.89. The quantitative estimate of drug-likeness (QED) is 0.583. The van der Waals surface area contributed by atoms with E-state index >= 15 is 0 Å². The third-order valence-electron chi connectivity index (χ3n) is 4.09. The zero-order chi connectivity index (χ0) is 22.0. The van der Waals surface area contributed by atoms with Gasteiger partial charge in [0.15, 0.2) is 0 Å². The number of carbonyl (C=O) groups is 1. The minimum Gasteiger partial charge on any atom is -0.494 e. The van der Waals surface area contributed by atoms with E-state index in [9.17, 15) is 13.2 Å². The maximum atomic E-state index is 13.0. The van der Waals surface area contributed by atoms with Crippen LogP contribution in [0.4, 0.5) is 5.69 Å². The Balaban J connectivity index is 2.23. The van der Waals surface area contributed by atoms with Gasteiger partial charge in [-0.05, 0) is 55.5 Å². The van der Waals surface area contributed by atoms with E-state index < -0.39 is 10.0 Å². The van der Waals surface area contributed by atoms with Crippen molar-refractivity contribution in [3.05, 3.63) is 54.1 Å². The molecule has 2 rings (SSSR count). The first kappa shape index (κ1) is 22.9. The van der Waals surface area contributed by atoms with Crippen molar-refractivity contribution in [2.75, 3.05) is 24.6 Å². The fourth-order valence-corrected chi connectivity index (χ4v) is 3.69. The molecule has 0 aliphatic heterocycles. The first-order valence-electron chi connectivity index (χ1n) is 9.31. The Labute approximate surface area is 176 Å². The molecule has 0 heterocycles. The predicted octanol–water partition coefficient (Wildman–Crippen LogP) is 2.84. The van der Waals surface area contributed by atoms with Gasteiger partial charge in [0.25, 0.3) is 5.91 Å². The third kappa shape index (κ3) is 6.05. The van der Waals surface area contributed by atoms with Gasteiger partial charge in [-0.2, -0.15) is 10.5 Å². The molecule has 2 aromatic carbocycles. The largest absolute Gasteiger partial charge is 0.494 e. The molecule has 0 aliphatic carbocycles. The van der Waals surface area contributed by atoms with E-state index in [2.05, 4.69) is 4.72 Å². The molecule has 156 valence electrons. The van der Waals surface area contributed by atoms with Crippen molar-refractivity contribution < 1.29 is 17.9 Å². The molecule has 2 aromatic rings. The van der Waals surface area contributed by atoms with Gasteiger partial charge in [0.1, 0.15) is 5.75 Å². The standard InChI is InChI=1S/C21H22N4O4S/c1-2-29-19-9-7-18(8-10-19)25(16-4-14-23)21(26)17-5-11-20(12-6-17)30(27,28)24-15-3-13-22/h5-12,24H,2-4,15-16H2,1H3. The van der Waals surface area contributed by atoms with E-state index in [1.54, 1.807) is 24.3 Å². The minimum atomic E-state index is -3.75. The Morgan fingerprint density at radius 1 is 1.03 bits per heavy atom. The van der Waals surface area contributed by atoms with Gasteiger partial charge in [-0.25, -0.2) is 13.1 Å². The van der Waals surface area contributed by atoms with E-state index in [0.29, 0.717) is 18.0 Å². The lowest BCUT2D eigenvalue weighted by Crippen LogP contribution is -2.32. The molecule has 0 atom stereocenters. The molecule has 1 amide bonds. The van der Waals surface area contributed by atoms with Crippen molar-refractivity contribution >= 4 is 21.6 Å². The number of benzene rings is 2. The number of nitrogens with zero attached hydrogens (tertiary/aromatic N) is 3. The number of anilines is 1. The number of hydrogen-bond donors (Lipinski definition) is 1. The van der Waals surface area contributed by atoms with Crippen LogP contribution in [0.5, 0.6) is 5.75 Å².